The number of hydrogen-bond donors (Lipinski definition) is 4. The van der Waals surface area contributed by atoms with Crippen molar-refractivity contribution in [2.75, 3.05) is 19.7 Å². The second-order valence-corrected chi connectivity index (χ2v) is 5.88. The van der Waals surface area contributed by atoms with Crippen LogP contribution >= 0.6 is 11.6 Å². The number of nitrogens with two attached hydrogens (primary N) is 1. The fourth-order valence-corrected chi connectivity index (χ4v) is 2.33. The van der Waals surface area contributed by atoms with Gasteiger partial charge >= 0.3 is 0 Å². The van der Waals surface area contributed by atoms with Crippen LogP contribution in [0.15, 0.2) is 42.5 Å². The molecule has 2 rings (SSSR count). The maximum Gasteiger partial charge on any atom is 0.255 e. The summed E-state index contributed by atoms with van der Waals surface area (Å²) in [5.41, 5.74) is 6.36. The number of nitrogens with one attached hydrogen (secondary N) is 1. The fourth-order valence-electron chi connectivity index (χ4n) is 2.17. The molecule has 6 nitrogen and oxygen atoms in total. The summed E-state index contributed by atoms with van der Waals surface area (Å²) in [6.45, 7) is 0.892. The minimum absolute atomic E-state index is 0.0223. The zero-order valence-corrected chi connectivity index (χ0v) is 14.4. The van der Waals surface area contributed by atoms with Gasteiger partial charge in [-0.15, -0.1) is 0 Å². The van der Waals surface area contributed by atoms with Crippen LogP contribution in [0.1, 0.15) is 28.4 Å². The van der Waals surface area contributed by atoms with Gasteiger partial charge in [-0.25, -0.2) is 0 Å². The Morgan fingerprint density at radius 3 is 2.64 bits per heavy atom. The number of benzene rings is 2. The quantitative estimate of drug-likeness (QED) is 0.538. The second-order valence-electron chi connectivity index (χ2n) is 5.45. The highest BCUT2D eigenvalue weighted by Crippen LogP contribution is 2.24. The third-order valence-electron chi connectivity index (χ3n) is 3.53. The van der Waals surface area contributed by atoms with E-state index in [1.807, 2.05) is 0 Å². The first kappa shape index (κ1) is 19.1. The first-order valence-corrected chi connectivity index (χ1v) is 8.26. The third-order valence-corrected chi connectivity index (χ3v) is 3.76. The summed E-state index contributed by atoms with van der Waals surface area (Å²) >= 11 is 5.96. The van der Waals surface area contributed by atoms with Crippen molar-refractivity contribution in [2.24, 2.45) is 5.73 Å². The highest BCUT2D eigenvalue weighted by molar-refractivity contribution is 6.30. The van der Waals surface area contributed by atoms with E-state index in [-0.39, 0.29) is 18.2 Å². The summed E-state index contributed by atoms with van der Waals surface area (Å²) < 4.78 is 5.57. The van der Waals surface area contributed by atoms with Crippen molar-refractivity contribution in [2.45, 2.75) is 12.5 Å². The van der Waals surface area contributed by atoms with Gasteiger partial charge in [0.05, 0.1) is 18.3 Å². The monoisotopic (exact) mass is 364 g/mol. The first-order valence-electron chi connectivity index (χ1n) is 7.89. The Hall–Kier alpha value is -2.28. The Bertz CT molecular complexity index is 707. The molecule has 0 aliphatic heterocycles. The van der Waals surface area contributed by atoms with Gasteiger partial charge in [-0.05, 0) is 48.9 Å². The van der Waals surface area contributed by atoms with Gasteiger partial charge in [-0.3, -0.25) is 4.79 Å². The molecular weight excluding hydrogens is 344 g/mol. The molecule has 0 saturated heterocycles. The van der Waals surface area contributed by atoms with Crippen molar-refractivity contribution in [3.63, 3.8) is 0 Å². The van der Waals surface area contributed by atoms with Crippen LogP contribution in [0.5, 0.6) is 11.5 Å². The molecule has 0 aromatic heterocycles. The van der Waals surface area contributed by atoms with Crippen molar-refractivity contribution in [1.82, 2.24) is 5.32 Å². The van der Waals surface area contributed by atoms with Crippen molar-refractivity contribution in [1.29, 1.82) is 0 Å². The summed E-state index contributed by atoms with van der Waals surface area (Å²) in [5, 5.41) is 22.5. The van der Waals surface area contributed by atoms with Crippen LogP contribution in [0.4, 0.5) is 0 Å². The van der Waals surface area contributed by atoms with E-state index in [0.717, 1.165) is 0 Å². The van der Waals surface area contributed by atoms with E-state index in [1.165, 1.54) is 12.1 Å². The number of aromatic hydroxyl groups is 1. The lowest BCUT2D eigenvalue weighted by Crippen LogP contribution is -2.28. The van der Waals surface area contributed by atoms with Crippen LogP contribution in [-0.4, -0.2) is 35.8 Å². The average Bonchev–Trinajstić information content (AvgIpc) is 2.60. The van der Waals surface area contributed by atoms with E-state index >= 15 is 0 Å². The van der Waals surface area contributed by atoms with Crippen LogP contribution in [0.3, 0.4) is 0 Å². The number of ether oxygens (including phenoxy) is 1. The molecule has 0 aliphatic rings. The average molecular weight is 365 g/mol. The molecule has 0 aliphatic carbocycles. The Morgan fingerprint density at radius 2 is 1.96 bits per heavy atom. The van der Waals surface area contributed by atoms with Gasteiger partial charge in [-0.2, -0.15) is 0 Å². The van der Waals surface area contributed by atoms with E-state index in [0.29, 0.717) is 41.5 Å². The van der Waals surface area contributed by atoms with E-state index in [9.17, 15) is 15.0 Å². The number of carbonyl (C=O) groups excluding carboxylic acids is 1. The number of halogens is 1. The van der Waals surface area contributed by atoms with E-state index in [4.69, 9.17) is 22.1 Å². The topological polar surface area (TPSA) is 105 Å². The van der Waals surface area contributed by atoms with Gasteiger partial charge in [0.25, 0.3) is 5.91 Å². The molecule has 0 fully saturated rings. The normalized spacial score (nSPS) is 11.8. The summed E-state index contributed by atoms with van der Waals surface area (Å²) in [5.74, 6) is 0.107. The molecule has 0 bridgehead atoms. The Morgan fingerprint density at radius 1 is 1.24 bits per heavy atom. The van der Waals surface area contributed by atoms with Gasteiger partial charge in [0.15, 0.2) is 0 Å². The van der Waals surface area contributed by atoms with Crippen LogP contribution in [-0.2, 0) is 0 Å². The zero-order valence-electron chi connectivity index (χ0n) is 13.6. The van der Waals surface area contributed by atoms with Gasteiger partial charge in [-0.1, -0.05) is 23.7 Å². The fraction of sp³-hybridized carbons (Fsp3) is 0.278. The summed E-state index contributed by atoms with van der Waals surface area (Å²) in [6.07, 6.45) is -0.230. The van der Waals surface area contributed by atoms with Crippen LogP contribution in [0.2, 0.25) is 5.02 Å². The predicted molar refractivity (Wildman–Crippen MR) is 96.0 cm³/mol. The van der Waals surface area contributed by atoms with Gasteiger partial charge < -0.3 is 26.0 Å². The minimum Gasteiger partial charge on any atom is -0.508 e. The zero-order chi connectivity index (χ0) is 18.2. The van der Waals surface area contributed by atoms with E-state index in [1.54, 1.807) is 30.3 Å². The maximum absolute atomic E-state index is 12.4. The highest BCUT2D eigenvalue weighted by Gasteiger charge is 2.15. The number of phenolic OH excluding ortho intramolecular Hbond substituents is 1. The second kappa shape index (κ2) is 9.27. The molecule has 5 N–H and O–H groups in total. The number of aliphatic hydroxyl groups is 1. The smallest absolute Gasteiger partial charge is 0.255 e. The lowest BCUT2D eigenvalue weighted by atomic mass is 10.1. The Labute approximate surface area is 151 Å². The molecule has 0 unspecified atom stereocenters. The van der Waals surface area contributed by atoms with Crippen molar-refractivity contribution in [3.8, 4) is 11.5 Å². The SMILES string of the molecule is NCCCOc1cc(Cl)ccc1C(=O)NC[C@H](O)c1ccc(O)cc1. The number of rotatable bonds is 8. The van der Waals surface area contributed by atoms with Crippen molar-refractivity contribution < 1.29 is 19.7 Å². The highest BCUT2D eigenvalue weighted by atomic mass is 35.5. The maximum atomic E-state index is 12.4. The number of phenols is 1. The molecule has 25 heavy (non-hydrogen) atoms. The Balaban J connectivity index is 2.01. The summed E-state index contributed by atoms with van der Waals surface area (Å²) in [4.78, 5) is 12.4. The van der Waals surface area contributed by atoms with Crippen LogP contribution in [0, 0.1) is 0 Å². The molecular formula is C18H21ClN2O4. The molecule has 2 aromatic carbocycles. The lowest BCUT2D eigenvalue weighted by molar-refractivity contribution is 0.0912. The van der Waals surface area contributed by atoms with E-state index < -0.39 is 6.10 Å². The summed E-state index contributed by atoms with van der Waals surface area (Å²) in [6, 6.07) is 10.9. The Kier molecular flexibility index (Phi) is 7.06. The molecule has 0 saturated carbocycles. The number of carbonyl (C=O) groups is 1. The molecule has 0 heterocycles. The molecule has 1 atom stereocenters. The molecule has 0 spiro atoms. The number of amides is 1. The minimum atomic E-state index is -0.890. The summed E-state index contributed by atoms with van der Waals surface area (Å²) in [7, 11) is 0. The van der Waals surface area contributed by atoms with Gasteiger partial charge in [0.1, 0.15) is 11.5 Å². The molecule has 134 valence electrons. The first-order chi connectivity index (χ1) is 12.0. The van der Waals surface area contributed by atoms with Crippen molar-refractivity contribution in [3.05, 3.63) is 58.6 Å². The number of hydrogen-bond acceptors (Lipinski definition) is 5. The predicted octanol–water partition coefficient (Wildman–Crippen LogP) is 2.24. The van der Waals surface area contributed by atoms with Gasteiger partial charge in [0.2, 0.25) is 0 Å². The van der Waals surface area contributed by atoms with Crippen LogP contribution < -0.4 is 15.8 Å². The molecule has 0 radical (unpaired) electrons. The molecule has 7 heteroatoms. The van der Waals surface area contributed by atoms with E-state index in [2.05, 4.69) is 5.32 Å². The van der Waals surface area contributed by atoms with Gasteiger partial charge in [0, 0.05) is 11.6 Å². The standard InChI is InChI=1S/C18H21ClN2O4/c19-13-4-7-15(17(10-13)25-9-1-8-20)18(24)21-11-16(23)12-2-5-14(22)6-3-12/h2-7,10,16,22-23H,1,8-9,11,20H2,(H,21,24)/t16-/m0/s1. The molecule has 2 aromatic rings. The third kappa shape index (κ3) is 5.63. The number of aliphatic hydroxyl groups excluding tert-OH is 1. The van der Waals surface area contributed by atoms with Crippen LogP contribution in [0.25, 0.3) is 0 Å². The lowest BCUT2D eigenvalue weighted by Gasteiger charge is -2.15. The largest absolute Gasteiger partial charge is 0.508 e. The van der Waals surface area contributed by atoms with Crippen molar-refractivity contribution >= 4 is 17.5 Å². The molecule has 1 amide bonds.